The Balaban J connectivity index is 1.41. The minimum Gasteiger partial charge on any atom is -0.497 e. The SMILES string of the molecule is COc1cc(CCN(CCC(=O)O)C(=O)c2ccccc2-c2ccccc2C(=O)NCc2cccc3ccccc23)cc(OC)c1. The number of carbonyl (C=O) groups excluding carboxylic acids is 2. The normalized spacial score (nSPS) is 10.7. The number of fused-ring (bicyclic) bond motifs is 1. The lowest BCUT2D eigenvalue weighted by atomic mass is 9.94. The fraction of sp³-hybridized carbons (Fsp3) is 0.184. The average molecular weight is 617 g/mol. The molecule has 0 bridgehead atoms. The lowest BCUT2D eigenvalue weighted by Gasteiger charge is -2.24. The summed E-state index contributed by atoms with van der Waals surface area (Å²) in [4.78, 5) is 40.8. The van der Waals surface area contributed by atoms with Crippen LogP contribution in [0.1, 0.15) is 38.3 Å². The van der Waals surface area contributed by atoms with Crippen LogP contribution in [0, 0.1) is 0 Å². The maximum atomic E-state index is 14.1. The van der Waals surface area contributed by atoms with Gasteiger partial charge >= 0.3 is 5.97 Å². The molecule has 0 atom stereocenters. The summed E-state index contributed by atoms with van der Waals surface area (Å²) in [7, 11) is 3.14. The van der Waals surface area contributed by atoms with Crippen LogP contribution in [0.2, 0.25) is 0 Å². The highest BCUT2D eigenvalue weighted by Gasteiger charge is 2.23. The smallest absolute Gasteiger partial charge is 0.305 e. The Hall–Kier alpha value is -5.63. The van der Waals surface area contributed by atoms with Crippen LogP contribution in [0.15, 0.2) is 109 Å². The molecule has 2 amide bonds. The van der Waals surface area contributed by atoms with Gasteiger partial charge in [0.25, 0.3) is 11.8 Å². The van der Waals surface area contributed by atoms with E-state index in [1.807, 2.05) is 78.9 Å². The molecule has 0 aliphatic rings. The third-order valence-corrected chi connectivity index (χ3v) is 7.90. The maximum absolute atomic E-state index is 14.1. The Morgan fingerprint density at radius 3 is 2.02 bits per heavy atom. The summed E-state index contributed by atoms with van der Waals surface area (Å²) in [6, 6.07) is 33.8. The number of carboxylic acid groups (broad SMARTS) is 1. The van der Waals surface area contributed by atoms with Crippen molar-refractivity contribution in [2.24, 2.45) is 0 Å². The average Bonchev–Trinajstić information content (AvgIpc) is 3.10. The van der Waals surface area contributed by atoms with Gasteiger partial charge in [0, 0.05) is 36.8 Å². The molecule has 0 saturated heterocycles. The van der Waals surface area contributed by atoms with Crippen molar-refractivity contribution in [2.45, 2.75) is 19.4 Å². The molecule has 234 valence electrons. The summed E-state index contributed by atoms with van der Waals surface area (Å²) < 4.78 is 10.8. The number of rotatable bonds is 13. The molecule has 0 spiro atoms. The zero-order valence-corrected chi connectivity index (χ0v) is 25.9. The molecule has 0 aliphatic carbocycles. The first-order chi connectivity index (χ1) is 22.4. The lowest BCUT2D eigenvalue weighted by molar-refractivity contribution is -0.137. The minimum atomic E-state index is -0.998. The Morgan fingerprint density at radius 2 is 1.33 bits per heavy atom. The molecular formula is C38H36N2O6. The number of carbonyl (C=O) groups is 3. The van der Waals surface area contributed by atoms with E-state index < -0.39 is 5.97 Å². The van der Waals surface area contributed by atoms with Gasteiger partial charge in [-0.1, -0.05) is 78.9 Å². The van der Waals surface area contributed by atoms with Crippen molar-refractivity contribution in [1.82, 2.24) is 10.2 Å². The first-order valence-corrected chi connectivity index (χ1v) is 15.0. The van der Waals surface area contributed by atoms with Crippen LogP contribution in [0.3, 0.4) is 0 Å². The monoisotopic (exact) mass is 616 g/mol. The third-order valence-electron chi connectivity index (χ3n) is 7.90. The van der Waals surface area contributed by atoms with E-state index in [4.69, 9.17) is 9.47 Å². The fourth-order valence-corrected chi connectivity index (χ4v) is 5.53. The van der Waals surface area contributed by atoms with Crippen LogP contribution in [0.4, 0.5) is 0 Å². The molecule has 0 aromatic heterocycles. The number of carboxylic acids is 1. The van der Waals surface area contributed by atoms with E-state index >= 15 is 0 Å². The zero-order valence-electron chi connectivity index (χ0n) is 25.9. The Kier molecular flexibility index (Phi) is 10.3. The summed E-state index contributed by atoms with van der Waals surface area (Å²) >= 11 is 0. The standard InChI is InChI=1S/C38H36N2O6/c1-45-29-22-26(23-30(24-29)46-2)18-20-40(21-19-36(41)42)38(44)35-17-8-6-15-33(35)32-14-5-7-16-34(32)37(43)39-25-28-12-9-11-27-10-3-4-13-31(27)28/h3-17,22-24H,18-21,25H2,1-2H3,(H,39,43)(H,41,42). The van der Waals surface area contributed by atoms with Crippen molar-refractivity contribution in [2.75, 3.05) is 27.3 Å². The summed E-state index contributed by atoms with van der Waals surface area (Å²) in [5.41, 5.74) is 3.89. The molecule has 8 nitrogen and oxygen atoms in total. The van der Waals surface area contributed by atoms with Crippen LogP contribution in [0.25, 0.3) is 21.9 Å². The molecule has 0 heterocycles. The number of hydrogen-bond acceptors (Lipinski definition) is 5. The van der Waals surface area contributed by atoms with Crippen molar-refractivity contribution in [3.05, 3.63) is 131 Å². The summed E-state index contributed by atoms with van der Waals surface area (Å²) in [5, 5.41) is 14.7. The highest BCUT2D eigenvalue weighted by atomic mass is 16.5. The first-order valence-electron chi connectivity index (χ1n) is 15.0. The van der Waals surface area contributed by atoms with Gasteiger partial charge in [0.2, 0.25) is 0 Å². The van der Waals surface area contributed by atoms with E-state index in [1.165, 1.54) is 0 Å². The van der Waals surface area contributed by atoms with E-state index in [-0.39, 0.29) is 31.3 Å². The van der Waals surface area contributed by atoms with Gasteiger partial charge in [0.15, 0.2) is 0 Å². The first kappa shape index (κ1) is 31.8. The van der Waals surface area contributed by atoms with Crippen LogP contribution < -0.4 is 14.8 Å². The largest absolute Gasteiger partial charge is 0.497 e. The molecule has 2 N–H and O–H groups in total. The van der Waals surface area contributed by atoms with Gasteiger partial charge in [-0.3, -0.25) is 14.4 Å². The van der Waals surface area contributed by atoms with Gasteiger partial charge in [0.1, 0.15) is 11.5 Å². The van der Waals surface area contributed by atoms with E-state index in [0.717, 1.165) is 21.9 Å². The molecule has 5 rings (SSSR count). The number of hydrogen-bond donors (Lipinski definition) is 2. The molecule has 8 heteroatoms. The van der Waals surface area contributed by atoms with Crippen molar-refractivity contribution >= 4 is 28.6 Å². The predicted molar refractivity (Wildman–Crippen MR) is 178 cm³/mol. The van der Waals surface area contributed by atoms with Gasteiger partial charge in [-0.15, -0.1) is 0 Å². The van der Waals surface area contributed by atoms with Crippen molar-refractivity contribution in [1.29, 1.82) is 0 Å². The molecule has 46 heavy (non-hydrogen) atoms. The van der Waals surface area contributed by atoms with Crippen LogP contribution >= 0.6 is 0 Å². The van der Waals surface area contributed by atoms with Gasteiger partial charge in [-0.25, -0.2) is 0 Å². The third kappa shape index (κ3) is 7.53. The van der Waals surface area contributed by atoms with Gasteiger partial charge in [-0.2, -0.15) is 0 Å². The van der Waals surface area contributed by atoms with E-state index in [2.05, 4.69) is 5.32 Å². The molecule has 0 saturated carbocycles. The Morgan fingerprint density at radius 1 is 0.717 bits per heavy atom. The number of ether oxygens (including phenoxy) is 2. The lowest BCUT2D eigenvalue weighted by Crippen LogP contribution is -2.35. The summed E-state index contributed by atoms with van der Waals surface area (Å²) in [6.45, 7) is 0.633. The second kappa shape index (κ2) is 14.9. The molecule has 5 aromatic carbocycles. The van der Waals surface area contributed by atoms with Crippen LogP contribution in [-0.2, 0) is 17.8 Å². The van der Waals surface area contributed by atoms with Crippen LogP contribution in [-0.4, -0.2) is 55.1 Å². The quantitative estimate of drug-likeness (QED) is 0.154. The topological polar surface area (TPSA) is 105 Å². The van der Waals surface area contributed by atoms with E-state index in [9.17, 15) is 19.5 Å². The summed E-state index contributed by atoms with van der Waals surface area (Å²) in [5.74, 6) is -0.336. The minimum absolute atomic E-state index is 0.0246. The van der Waals surface area contributed by atoms with Gasteiger partial charge < -0.3 is 24.8 Å². The van der Waals surface area contributed by atoms with E-state index in [0.29, 0.717) is 46.7 Å². The van der Waals surface area contributed by atoms with Crippen molar-refractivity contribution in [3.63, 3.8) is 0 Å². The predicted octanol–water partition coefficient (Wildman–Crippen LogP) is 6.61. The number of benzene rings is 5. The van der Waals surface area contributed by atoms with Crippen LogP contribution in [0.5, 0.6) is 11.5 Å². The second-order valence-corrected chi connectivity index (χ2v) is 10.8. The Bertz CT molecular complexity index is 1840. The van der Waals surface area contributed by atoms with Gasteiger partial charge in [-0.05, 0) is 63.7 Å². The van der Waals surface area contributed by atoms with Crippen molar-refractivity contribution in [3.8, 4) is 22.6 Å². The molecule has 0 aliphatic heterocycles. The zero-order chi connectivity index (χ0) is 32.5. The maximum Gasteiger partial charge on any atom is 0.305 e. The highest BCUT2D eigenvalue weighted by Crippen LogP contribution is 2.29. The van der Waals surface area contributed by atoms with Gasteiger partial charge in [0.05, 0.1) is 20.6 Å². The van der Waals surface area contributed by atoms with Crippen molar-refractivity contribution < 1.29 is 29.0 Å². The molecule has 5 aromatic rings. The highest BCUT2D eigenvalue weighted by molar-refractivity contribution is 6.06. The number of amides is 2. The molecule has 0 radical (unpaired) electrons. The fourth-order valence-electron chi connectivity index (χ4n) is 5.53. The molecule has 0 unspecified atom stereocenters. The Labute approximate surface area is 268 Å². The molecular weight excluding hydrogens is 580 g/mol. The second-order valence-electron chi connectivity index (χ2n) is 10.8. The van der Waals surface area contributed by atoms with E-state index in [1.54, 1.807) is 49.5 Å². The number of nitrogens with zero attached hydrogens (tertiary/aromatic N) is 1. The molecule has 0 fully saturated rings. The number of methoxy groups -OCH3 is 2. The summed E-state index contributed by atoms with van der Waals surface area (Å²) in [6.07, 6.45) is 0.247. The number of nitrogens with one attached hydrogen (secondary N) is 1. The number of aliphatic carboxylic acids is 1.